The Labute approximate surface area is 119 Å². The second-order valence-electron chi connectivity index (χ2n) is 3.71. The predicted molar refractivity (Wildman–Crippen MR) is 76.8 cm³/mol. The summed E-state index contributed by atoms with van der Waals surface area (Å²) in [7, 11) is 0. The number of nitrogen functional groups attached to an aromatic ring is 1. The van der Waals surface area contributed by atoms with Crippen LogP contribution in [0.15, 0.2) is 41.3 Å². The van der Waals surface area contributed by atoms with E-state index in [9.17, 15) is 4.39 Å². The second kappa shape index (κ2) is 5.83. The molecule has 0 spiro atoms. The molecule has 2 rings (SSSR count). The number of thioether (sulfide) groups is 1. The van der Waals surface area contributed by atoms with Gasteiger partial charge in [-0.1, -0.05) is 29.3 Å². The number of benzene rings is 2. The van der Waals surface area contributed by atoms with E-state index in [1.807, 2.05) is 0 Å². The number of halogens is 3. The molecule has 0 saturated heterocycles. The Hall–Kier alpha value is -0.900. The summed E-state index contributed by atoms with van der Waals surface area (Å²) in [6, 6.07) is 9.89. The van der Waals surface area contributed by atoms with Crippen LogP contribution in [0.25, 0.3) is 0 Å². The molecule has 0 bridgehead atoms. The molecule has 5 heteroatoms. The maximum absolute atomic E-state index is 13.6. The molecule has 0 aliphatic heterocycles. The van der Waals surface area contributed by atoms with Crippen molar-refractivity contribution >= 4 is 40.7 Å². The van der Waals surface area contributed by atoms with Gasteiger partial charge in [0.05, 0.1) is 5.02 Å². The standard InChI is InChI=1S/C13H10Cl2FNS/c14-9-2-1-8(12(16)5-9)7-18-13-6-10(17)3-4-11(13)15/h1-6H,7,17H2. The van der Waals surface area contributed by atoms with Gasteiger partial charge >= 0.3 is 0 Å². The lowest BCUT2D eigenvalue weighted by molar-refractivity contribution is 0.617. The minimum Gasteiger partial charge on any atom is -0.399 e. The monoisotopic (exact) mass is 301 g/mol. The highest BCUT2D eigenvalue weighted by atomic mass is 35.5. The minimum absolute atomic E-state index is 0.310. The second-order valence-corrected chi connectivity index (χ2v) is 5.58. The first-order valence-electron chi connectivity index (χ1n) is 5.18. The Morgan fingerprint density at radius 3 is 2.61 bits per heavy atom. The van der Waals surface area contributed by atoms with Crippen molar-refractivity contribution in [3.8, 4) is 0 Å². The average Bonchev–Trinajstić information content (AvgIpc) is 2.32. The molecule has 0 aliphatic carbocycles. The van der Waals surface area contributed by atoms with Crippen LogP contribution in [-0.4, -0.2) is 0 Å². The van der Waals surface area contributed by atoms with Crippen LogP contribution in [0.4, 0.5) is 10.1 Å². The van der Waals surface area contributed by atoms with Crippen LogP contribution in [0.3, 0.4) is 0 Å². The molecule has 0 amide bonds. The van der Waals surface area contributed by atoms with Gasteiger partial charge in [0.15, 0.2) is 0 Å². The zero-order chi connectivity index (χ0) is 13.1. The summed E-state index contributed by atoms with van der Waals surface area (Å²) in [6.45, 7) is 0. The van der Waals surface area contributed by atoms with Crippen LogP contribution >= 0.6 is 35.0 Å². The van der Waals surface area contributed by atoms with Gasteiger partial charge in [0.25, 0.3) is 0 Å². The zero-order valence-corrected chi connectivity index (χ0v) is 11.6. The molecule has 18 heavy (non-hydrogen) atoms. The summed E-state index contributed by atoms with van der Waals surface area (Å²) < 4.78 is 13.6. The highest BCUT2D eigenvalue weighted by Gasteiger charge is 2.06. The maximum Gasteiger partial charge on any atom is 0.128 e. The summed E-state index contributed by atoms with van der Waals surface area (Å²) in [5, 5.41) is 1.01. The van der Waals surface area contributed by atoms with E-state index in [1.54, 1.807) is 30.3 Å². The van der Waals surface area contributed by atoms with Crippen LogP contribution in [-0.2, 0) is 5.75 Å². The number of hydrogen-bond acceptors (Lipinski definition) is 2. The quantitative estimate of drug-likeness (QED) is 0.637. The average molecular weight is 302 g/mol. The Kier molecular flexibility index (Phi) is 4.38. The molecule has 0 aromatic heterocycles. The van der Waals surface area contributed by atoms with Crippen LogP contribution in [0, 0.1) is 5.82 Å². The van der Waals surface area contributed by atoms with Gasteiger partial charge in [0.1, 0.15) is 5.82 Å². The van der Waals surface area contributed by atoms with Gasteiger partial charge in [-0.25, -0.2) is 4.39 Å². The summed E-state index contributed by atoms with van der Waals surface area (Å²) in [6.07, 6.45) is 0. The van der Waals surface area contributed by atoms with Gasteiger partial charge in [-0.2, -0.15) is 0 Å². The highest BCUT2D eigenvalue weighted by molar-refractivity contribution is 7.98. The summed E-state index contributed by atoms with van der Waals surface area (Å²) >= 11 is 13.2. The normalized spacial score (nSPS) is 10.6. The van der Waals surface area contributed by atoms with Crippen molar-refractivity contribution in [2.75, 3.05) is 5.73 Å². The molecule has 2 aromatic carbocycles. The molecule has 0 radical (unpaired) electrons. The minimum atomic E-state index is -0.310. The van der Waals surface area contributed by atoms with E-state index in [0.717, 1.165) is 4.90 Å². The number of hydrogen-bond donors (Lipinski definition) is 1. The molecule has 0 saturated carbocycles. The first kappa shape index (κ1) is 13.5. The Balaban J connectivity index is 2.13. The van der Waals surface area contributed by atoms with E-state index in [2.05, 4.69) is 0 Å². The Bertz CT molecular complexity index is 575. The van der Waals surface area contributed by atoms with Crippen molar-refractivity contribution in [2.45, 2.75) is 10.6 Å². The third kappa shape index (κ3) is 3.31. The molecule has 94 valence electrons. The smallest absolute Gasteiger partial charge is 0.128 e. The fourth-order valence-electron chi connectivity index (χ4n) is 1.42. The van der Waals surface area contributed by atoms with Gasteiger partial charge in [0, 0.05) is 21.4 Å². The number of nitrogens with two attached hydrogens (primary N) is 1. The van der Waals surface area contributed by atoms with Gasteiger partial charge in [0.2, 0.25) is 0 Å². The zero-order valence-electron chi connectivity index (χ0n) is 9.29. The molecule has 2 N–H and O–H groups in total. The maximum atomic E-state index is 13.6. The van der Waals surface area contributed by atoms with Gasteiger partial charge in [-0.3, -0.25) is 0 Å². The molecule has 2 aromatic rings. The molecular weight excluding hydrogens is 292 g/mol. The fraction of sp³-hybridized carbons (Fsp3) is 0.0769. The summed E-state index contributed by atoms with van der Waals surface area (Å²) in [5.74, 6) is 0.168. The van der Waals surface area contributed by atoms with Crippen LogP contribution in [0.1, 0.15) is 5.56 Å². The lowest BCUT2D eigenvalue weighted by atomic mass is 10.2. The van der Waals surface area contributed by atoms with Crippen molar-refractivity contribution in [3.05, 3.63) is 57.8 Å². The third-order valence-corrected chi connectivity index (χ3v) is 4.13. The van der Waals surface area contributed by atoms with Crippen LogP contribution < -0.4 is 5.73 Å². The SMILES string of the molecule is Nc1ccc(Cl)c(SCc2ccc(Cl)cc2F)c1. The van der Waals surface area contributed by atoms with Crippen LogP contribution in [0.2, 0.25) is 10.0 Å². The topological polar surface area (TPSA) is 26.0 Å². The molecule has 0 heterocycles. The lowest BCUT2D eigenvalue weighted by Gasteiger charge is -2.06. The first-order chi connectivity index (χ1) is 8.56. The molecule has 0 fully saturated rings. The van der Waals surface area contributed by atoms with E-state index >= 15 is 0 Å². The third-order valence-electron chi connectivity index (χ3n) is 2.35. The van der Waals surface area contributed by atoms with Crippen LogP contribution in [0.5, 0.6) is 0 Å². The van der Waals surface area contributed by atoms with E-state index in [4.69, 9.17) is 28.9 Å². The number of anilines is 1. The van der Waals surface area contributed by atoms with E-state index in [0.29, 0.717) is 27.0 Å². The molecule has 1 nitrogen and oxygen atoms in total. The van der Waals surface area contributed by atoms with E-state index in [-0.39, 0.29) is 5.82 Å². The molecular formula is C13H10Cl2FNS. The van der Waals surface area contributed by atoms with Crippen molar-refractivity contribution in [2.24, 2.45) is 0 Å². The predicted octanol–water partition coefficient (Wildman–Crippen LogP) is 5.01. The van der Waals surface area contributed by atoms with Gasteiger partial charge in [-0.15, -0.1) is 11.8 Å². The summed E-state index contributed by atoms with van der Waals surface area (Å²) in [4.78, 5) is 0.839. The van der Waals surface area contributed by atoms with Gasteiger partial charge in [-0.05, 0) is 35.9 Å². The summed E-state index contributed by atoms with van der Waals surface area (Å²) in [5.41, 5.74) is 6.91. The Morgan fingerprint density at radius 1 is 1.11 bits per heavy atom. The van der Waals surface area contributed by atoms with Crippen molar-refractivity contribution < 1.29 is 4.39 Å². The van der Waals surface area contributed by atoms with E-state index in [1.165, 1.54) is 17.8 Å². The highest BCUT2D eigenvalue weighted by Crippen LogP contribution is 2.32. The first-order valence-corrected chi connectivity index (χ1v) is 6.92. The molecule has 0 atom stereocenters. The largest absolute Gasteiger partial charge is 0.399 e. The molecule has 0 aliphatic rings. The fourth-order valence-corrected chi connectivity index (χ4v) is 2.84. The van der Waals surface area contributed by atoms with Crippen molar-refractivity contribution in [3.63, 3.8) is 0 Å². The van der Waals surface area contributed by atoms with Gasteiger partial charge < -0.3 is 5.73 Å². The van der Waals surface area contributed by atoms with E-state index < -0.39 is 0 Å². The number of rotatable bonds is 3. The van der Waals surface area contributed by atoms with Crippen molar-refractivity contribution in [1.29, 1.82) is 0 Å². The van der Waals surface area contributed by atoms with Crippen molar-refractivity contribution in [1.82, 2.24) is 0 Å². The molecule has 0 unspecified atom stereocenters. The Morgan fingerprint density at radius 2 is 1.89 bits per heavy atom. The lowest BCUT2D eigenvalue weighted by Crippen LogP contribution is -1.89.